The molecule has 1 rings (SSSR count). The molecule has 0 aliphatic heterocycles. The topological polar surface area (TPSA) is 34.1 Å². The fraction of sp³-hybridized carbons (Fsp3) is 0. The van der Waals surface area contributed by atoms with Crippen LogP contribution in [0, 0.1) is 17.5 Å². The summed E-state index contributed by atoms with van der Waals surface area (Å²) in [6.45, 7) is 0. The third-order valence-electron chi connectivity index (χ3n) is 1.57. The molecular formula is C8H2ClF3O2. The molecule has 0 aromatic heterocycles. The largest absolute Gasteiger partial charge is 0.298 e. The summed E-state index contributed by atoms with van der Waals surface area (Å²) in [5, 5.41) is -1.07. The average molecular weight is 223 g/mol. The van der Waals surface area contributed by atoms with Crippen LogP contribution in [0.3, 0.4) is 0 Å². The highest BCUT2D eigenvalue weighted by molar-refractivity contribution is 6.31. The maximum Gasteiger partial charge on any atom is 0.158 e. The summed E-state index contributed by atoms with van der Waals surface area (Å²) in [5.41, 5.74) is -2.11. The third-order valence-corrected chi connectivity index (χ3v) is 1.90. The predicted molar refractivity (Wildman–Crippen MR) is 42.1 cm³/mol. The fourth-order valence-corrected chi connectivity index (χ4v) is 1.08. The molecule has 0 heterocycles. The number of benzene rings is 1. The molecule has 0 saturated carbocycles. The molecule has 6 heteroatoms. The van der Waals surface area contributed by atoms with E-state index >= 15 is 0 Å². The maximum atomic E-state index is 13.0. The lowest BCUT2D eigenvalue weighted by Crippen LogP contribution is -2.04. The van der Waals surface area contributed by atoms with Gasteiger partial charge in [-0.15, -0.1) is 0 Å². The molecule has 2 nitrogen and oxygen atoms in total. The molecule has 0 fully saturated rings. The van der Waals surface area contributed by atoms with Crippen molar-refractivity contribution in [2.45, 2.75) is 0 Å². The SMILES string of the molecule is O=Cc1c(F)c(Cl)c(F)c(C=O)c1F. The minimum atomic E-state index is -1.55. The minimum absolute atomic E-state index is 0.178. The van der Waals surface area contributed by atoms with Gasteiger partial charge in [0.15, 0.2) is 24.2 Å². The van der Waals surface area contributed by atoms with Gasteiger partial charge in [-0.3, -0.25) is 9.59 Å². The highest BCUT2D eigenvalue weighted by Gasteiger charge is 2.23. The van der Waals surface area contributed by atoms with Crippen molar-refractivity contribution in [2.24, 2.45) is 0 Å². The number of carbonyl (C=O) groups excluding carboxylic acids is 2. The van der Waals surface area contributed by atoms with Crippen LogP contribution in [0.25, 0.3) is 0 Å². The van der Waals surface area contributed by atoms with Gasteiger partial charge in [-0.1, -0.05) is 11.6 Å². The highest BCUT2D eigenvalue weighted by atomic mass is 35.5. The Hall–Kier alpha value is -1.36. The van der Waals surface area contributed by atoms with Crippen LogP contribution in [0.4, 0.5) is 13.2 Å². The lowest BCUT2D eigenvalue weighted by molar-refractivity contribution is 0.111. The van der Waals surface area contributed by atoms with E-state index in [4.69, 9.17) is 11.6 Å². The van der Waals surface area contributed by atoms with Crippen molar-refractivity contribution in [3.63, 3.8) is 0 Å². The molecule has 14 heavy (non-hydrogen) atoms. The Morgan fingerprint density at radius 3 is 1.50 bits per heavy atom. The number of aldehydes is 2. The second-order valence-corrected chi connectivity index (χ2v) is 2.70. The van der Waals surface area contributed by atoms with Gasteiger partial charge in [-0.05, 0) is 0 Å². The molecule has 0 bridgehead atoms. The number of carbonyl (C=O) groups is 2. The van der Waals surface area contributed by atoms with Crippen LogP contribution in [-0.2, 0) is 0 Å². The summed E-state index contributed by atoms with van der Waals surface area (Å²) in [5.74, 6) is -4.57. The van der Waals surface area contributed by atoms with Crippen LogP contribution in [0.15, 0.2) is 0 Å². The third kappa shape index (κ3) is 1.39. The van der Waals surface area contributed by atoms with E-state index in [1.54, 1.807) is 0 Å². The second-order valence-electron chi connectivity index (χ2n) is 2.32. The van der Waals surface area contributed by atoms with Gasteiger partial charge >= 0.3 is 0 Å². The molecule has 0 radical (unpaired) electrons. The molecular weight excluding hydrogens is 221 g/mol. The first-order chi connectivity index (χ1) is 6.54. The Bertz CT molecular complexity index is 383. The van der Waals surface area contributed by atoms with E-state index in [2.05, 4.69) is 0 Å². The first kappa shape index (κ1) is 10.7. The lowest BCUT2D eigenvalue weighted by Gasteiger charge is -2.04. The maximum absolute atomic E-state index is 13.0. The van der Waals surface area contributed by atoms with Crippen molar-refractivity contribution in [1.29, 1.82) is 0 Å². The molecule has 0 saturated heterocycles. The smallest absolute Gasteiger partial charge is 0.158 e. The van der Waals surface area contributed by atoms with Gasteiger partial charge in [-0.25, -0.2) is 13.2 Å². The van der Waals surface area contributed by atoms with Crippen LogP contribution < -0.4 is 0 Å². The van der Waals surface area contributed by atoms with Crippen LogP contribution >= 0.6 is 11.6 Å². The molecule has 0 atom stereocenters. The predicted octanol–water partition coefficient (Wildman–Crippen LogP) is 2.38. The minimum Gasteiger partial charge on any atom is -0.298 e. The van der Waals surface area contributed by atoms with Gasteiger partial charge in [0.2, 0.25) is 0 Å². The Morgan fingerprint density at radius 2 is 1.21 bits per heavy atom. The fourth-order valence-electron chi connectivity index (χ4n) is 0.878. The molecule has 1 aromatic rings. The standard InChI is InChI=1S/C8H2ClF3O2/c9-5-7(11)3(1-13)6(10)4(2-14)8(5)12/h1-2H. The first-order valence-electron chi connectivity index (χ1n) is 3.30. The summed E-state index contributed by atoms with van der Waals surface area (Å²) in [7, 11) is 0. The average Bonchev–Trinajstić information content (AvgIpc) is 2.16. The molecule has 0 aliphatic carbocycles. The Balaban J connectivity index is 3.72. The Kier molecular flexibility index (Phi) is 2.90. The zero-order valence-electron chi connectivity index (χ0n) is 6.48. The van der Waals surface area contributed by atoms with Crippen molar-refractivity contribution in [3.05, 3.63) is 33.6 Å². The zero-order valence-corrected chi connectivity index (χ0v) is 7.24. The lowest BCUT2D eigenvalue weighted by atomic mass is 10.1. The van der Waals surface area contributed by atoms with E-state index in [1.165, 1.54) is 0 Å². The van der Waals surface area contributed by atoms with Crippen molar-refractivity contribution < 1.29 is 22.8 Å². The zero-order chi connectivity index (χ0) is 10.9. The van der Waals surface area contributed by atoms with Crippen LogP contribution in [-0.4, -0.2) is 12.6 Å². The van der Waals surface area contributed by atoms with Crippen molar-refractivity contribution in [3.8, 4) is 0 Å². The Labute approximate surface area is 81.3 Å². The first-order valence-corrected chi connectivity index (χ1v) is 3.68. The number of rotatable bonds is 2. The summed E-state index contributed by atoms with van der Waals surface area (Å²) >= 11 is 5.08. The summed E-state index contributed by atoms with van der Waals surface area (Å²) in [4.78, 5) is 20.4. The van der Waals surface area contributed by atoms with Crippen molar-refractivity contribution in [1.82, 2.24) is 0 Å². The van der Waals surface area contributed by atoms with Crippen molar-refractivity contribution in [2.75, 3.05) is 0 Å². The van der Waals surface area contributed by atoms with Gasteiger partial charge in [0, 0.05) is 0 Å². The van der Waals surface area contributed by atoms with E-state index in [0.717, 1.165) is 0 Å². The second kappa shape index (κ2) is 3.79. The van der Waals surface area contributed by atoms with Crippen LogP contribution in [0.5, 0.6) is 0 Å². The summed E-state index contributed by atoms with van der Waals surface area (Å²) in [6.07, 6.45) is -0.355. The van der Waals surface area contributed by atoms with Gasteiger partial charge in [0.25, 0.3) is 0 Å². The van der Waals surface area contributed by atoms with Crippen molar-refractivity contribution >= 4 is 24.2 Å². The van der Waals surface area contributed by atoms with Gasteiger partial charge < -0.3 is 0 Å². The van der Waals surface area contributed by atoms with E-state index in [-0.39, 0.29) is 12.6 Å². The van der Waals surface area contributed by atoms with Gasteiger partial charge in [0.05, 0.1) is 11.1 Å². The van der Waals surface area contributed by atoms with Crippen LogP contribution in [0.2, 0.25) is 5.02 Å². The number of hydrogen-bond donors (Lipinski definition) is 0. The highest BCUT2D eigenvalue weighted by Crippen LogP contribution is 2.26. The number of halogens is 4. The number of hydrogen-bond acceptors (Lipinski definition) is 2. The van der Waals surface area contributed by atoms with E-state index < -0.39 is 33.6 Å². The monoisotopic (exact) mass is 222 g/mol. The van der Waals surface area contributed by atoms with E-state index in [1.807, 2.05) is 0 Å². The van der Waals surface area contributed by atoms with Gasteiger partial charge in [-0.2, -0.15) is 0 Å². The molecule has 0 spiro atoms. The Morgan fingerprint density at radius 1 is 0.857 bits per heavy atom. The molecule has 0 unspecified atom stereocenters. The normalized spacial score (nSPS) is 10.0. The molecule has 0 amide bonds. The molecule has 0 aliphatic rings. The summed E-state index contributed by atoms with van der Waals surface area (Å²) in [6, 6.07) is 0. The quantitative estimate of drug-likeness (QED) is 0.437. The molecule has 1 aromatic carbocycles. The van der Waals surface area contributed by atoms with Gasteiger partial charge in [0.1, 0.15) is 10.8 Å². The molecule has 74 valence electrons. The summed E-state index contributed by atoms with van der Waals surface area (Å²) < 4.78 is 38.7. The van der Waals surface area contributed by atoms with E-state index in [0.29, 0.717) is 0 Å². The van der Waals surface area contributed by atoms with Crippen LogP contribution in [0.1, 0.15) is 20.7 Å². The van der Waals surface area contributed by atoms with E-state index in [9.17, 15) is 22.8 Å². The molecule has 0 N–H and O–H groups in total.